The zero-order valence-electron chi connectivity index (χ0n) is 12.0. The molecule has 1 amide bonds. The van der Waals surface area contributed by atoms with Gasteiger partial charge in [0.25, 0.3) is 5.91 Å². The first kappa shape index (κ1) is 18.2. The molecule has 0 heterocycles. The highest BCUT2D eigenvalue weighted by atomic mass is 79.9. The normalized spacial score (nSPS) is 10.3. The third kappa shape index (κ3) is 5.16. The molecule has 2 aromatic rings. The van der Waals surface area contributed by atoms with E-state index in [1.165, 1.54) is 6.92 Å². The fourth-order valence-corrected chi connectivity index (χ4v) is 4.31. The Bertz CT molecular complexity index is 739. The summed E-state index contributed by atoms with van der Waals surface area (Å²) in [6, 6.07) is 10.4. The number of ketones is 1. The maximum absolute atomic E-state index is 12.0. The van der Waals surface area contributed by atoms with Crippen LogP contribution in [0.25, 0.3) is 0 Å². The predicted molar refractivity (Wildman–Crippen MR) is 100 cm³/mol. The van der Waals surface area contributed by atoms with Crippen LogP contribution in [0.5, 0.6) is 5.75 Å². The molecule has 0 aromatic heterocycles. The number of Topliss-reactive ketones (excluding diaryl/α,β-unsaturated/α-hetero) is 1. The van der Waals surface area contributed by atoms with Gasteiger partial charge in [0.1, 0.15) is 5.75 Å². The molecule has 0 saturated carbocycles. The van der Waals surface area contributed by atoms with Gasteiger partial charge in [-0.1, -0.05) is 28.1 Å². The number of anilines is 1. The Balaban J connectivity index is 2.01. The zero-order chi connectivity index (χ0) is 17.0. The molecule has 4 nitrogen and oxygen atoms in total. The fraction of sp³-hybridized carbons (Fsp3) is 0.125. The van der Waals surface area contributed by atoms with E-state index in [9.17, 15) is 9.59 Å². The van der Waals surface area contributed by atoms with E-state index in [0.29, 0.717) is 17.0 Å². The minimum absolute atomic E-state index is 0.0555. The molecule has 0 saturated heterocycles. The number of nitrogens with one attached hydrogen (secondary N) is 1. The second-order valence-electron chi connectivity index (χ2n) is 4.67. The Labute approximate surface area is 159 Å². The van der Waals surface area contributed by atoms with Gasteiger partial charge < -0.3 is 10.1 Å². The van der Waals surface area contributed by atoms with Crippen molar-refractivity contribution in [1.29, 1.82) is 0 Å². The van der Waals surface area contributed by atoms with E-state index in [2.05, 4.69) is 53.1 Å². The summed E-state index contributed by atoms with van der Waals surface area (Å²) in [4.78, 5) is 23.3. The molecular weight excluding hydrogens is 494 g/mol. The van der Waals surface area contributed by atoms with Crippen molar-refractivity contribution in [2.45, 2.75) is 6.92 Å². The molecule has 0 fully saturated rings. The van der Waals surface area contributed by atoms with Crippen LogP contribution < -0.4 is 10.1 Å². The second-order valence-corrected chi connectivity index (χ2v) is 7.30. The van der Waals surface area contributed by atoms with Gasteiger partial charge in [-0.15, -0.1) is 0 Å². The van der Waals surface area contributed by atoms with Crippen LogP contribution in [0, 0.1) is 0 Å². The highest BCUT2D eigenvalue weighted by Gasteiger charge is 2.11. The van der Waals surface area contributed by atoms with Crippen molar-refractivity contribution in [3.05, 3.63) is 55.4 Å². The Kier molecular flexibility index (Phi) is 6.38. The molecule has 1 N–H and O–H groups in total. The molecule has 2 rings (SSSR count). The average molecular weight is 506 g/mol. The maximum atomic E-state index is 12.0. The van der Waals surface area contributed by atoms with Crippen molar-refractivity contribution in [2.75, 3.05) is 11.9 Å². The predicted octanol–water partition coefficient (Wildman–Crippen LogP) is 5.19. The van der Waals surface area contributed by atoms with Crippen LogP contribution in [0.4, 0.5) is 5.69 Å². The number of carbonyl (C=O) groups is 2. The van der Waals surface area contributed by atoms with Crippen LogP contribution in [-0.4, -0.2) is 18.3 Å². The van der Waals surface area contributed by atoms with Crippen LogP contribution in [0.2, 0.25) is 0 Å². The van der Waals surface area contributed by atoms with Gasteiger partial charge in [0, 0.05) is 15.7 Å². The lowest BCUT2D eigenvalue weighted by Gasteiger charge is -2.11. The average Bonchev–Trinajstić information content (AvgIpc) is 2.46. The standard InChI is InChI=1S/C16H12Br3NO3/c1-9(21)10-3-2-4-12(5-10)20-15(22)8-23-16-13(18)6-11(17)7-14(16)19/h2-7H,8H2,1H3,(H,20,22). The molecule has 0 atom stereocenters. The van der Waals surface area contributed by atoms with E-state index in [1.54, 1.807) is 24.3 Å². The van der Waals surface area contributed by atoms with Crippen molar-refractivity contribution < 1.29 is 14.3 Å². The van der Waals surface area contributed by atoms with Gasteiger partial charge in [-0.3, -0.25) is 9.59 Å². The number of hydrogen-bond donors (Lipinski definition) is 1. The summed E-state index contributed by atoms with van der Waals surface area (Å²) in [5.74, 6) is 0.174. The Morgan fingerprint density at radius 3 is 2.35 bits per heavy atom. The number of hydrogen-bond acceptors (Lipinski definition) is 3. The SMILES string of the molecule is CC(=O)c1cccc(NC(=O)COc2c(Br)cc(Br)cc2Br)c1. The number of benzene rings is 2. The lowest BCUT2D eigenvalue weighted by atomic mass is 10.1. The minimum atomic E-state index is -0.313. The molecule has 0 unspecified atom stereocenters. The first-order chi connectivity index (χ1) is 10.9. The Hall–Kier alpha value is -1.18. The highest BCUT2D eigenvalue weighted by Crippen LogP contribution is 2.36. The van der Waals surface area contributed by atoms with E-state index in [1.807, 2.05) is 12.1 Å². The number of amides is 1. The van der Waals surface area contributed by atoms with Gasteiger partial charge in [-0.05, 0) is 63.0 Å². The van der Waals surface area contributed by atoms with Gasteiger partial charge in [-0.25, -0.2) is 0 Å². The third-order valence-corrected chi connectivity index (χ3v) is 4.50. The number of ether oxygens (including phenoxy) is 1. The first-order valence-electron chi connectivity index (χ1n) is 6.55. The minimum Gasteiger partial charge on any atom is -0.481 e. The summed E-state index contributed by atoms with van der Waals surface area (Å²) >= 11 is 10.1. The summed E-state index contributed by atoms with van der Waals surface area (Å²) in [5, 5.41) is 2.70. The van der Waals surface area contributed by atoms with Gasteiger partial charge in [0.2, 0.25) is 0 Å². The van der Waals surface area contributed by atoms with Crippen molar-refractivity contribution in [2.24, 2.45) is 0 Å². The van der Waals surface area contributed by atoms with Gasteiger partial charge >= 0.3 is 0 Å². The molecular formula is C16H12Br3NO3. The molecule has 120 valence electrons. The van der Waals surface area contributed by atoms with Crippen LogP contribution in [0.15, 0.2) is 49.8 Å². The lowest BCUT2D eigenvalue weighted by Crippen LogP contribution is -2.20. The molecule has 0 aliphatic rings. The van der Waals surface area contributed by atoms with Crippen molar-refractivity contribution in [1.82, 2.24) is 0 Å². The van der Waals surface area contributed by atoms with Gasteiger partial charge in [0.05, 0.1) is 8.95 Å². The fourth-order valence-electron chi connectivity index (χ4n) is 1.82. The number of carbonyl (C=O) groups excluding carboxylic acids is 2. The summed E-state index contributed by atoms with van der Waals surface area (Å²) in [6.07, 6.45) is 0. The molecule has 0 bridgehead atoms. The summed E-state index contributed by atoms with van der Waals surface area (Å²) in [7, 11) is 0. The molecule has 7 heteroatoms. The van der Waals surface area contributed by atoms with E-state index < -0.39 is 0 Å². The smallest absolute Gasteiger partial charge is 0.262 e. The summed E-state index contributed by atoms with van der Waals surface area (Å²) in [5.41, 5.74) is 1.10. The summed E-state index contributed by atoms with van der Waals surface area (Å²) < 4.78 is 7.88. The first-order valence-corrected chi connectivity index (χ1v) is 8.93. The Morgan fingerprint density at radius 2 is 1.74 bits per heavy atom. The lowest BCUT2D eigenvalue weighted by molar-refractivity contribution is -0.118. The van der Waals surface area contributed by atoms with E-state index in [0.717, 1.165) is 13.4 Å². The molecule has 0 spiro atoms. The largest absolute Gasteiger partial charge is 0.481 e. The number of halogens is 3. The molecule has 23 heavy (non-hydrogen) atoms. The van der Waals surface area contributed by atoms with Crippen molar-refractivity contribution in [3.8, 4) is 5.75 Å². The van der Waals surface area contributed by atoms with Crippen LogP contribution in [0.3, 0.4) is 0 Å². The van der Waals surface area contributed by atoms with Crippen LogP contribution in [-0.2, 0) is 4.79 Å². The molecule has 0 radical (unpaired) electrons. The molecule has 0 aliphatic carbocycles. The third-order valence-electron chi connectivity index (χ3n) is 2.86. The van der Waals surface area contributed by atoms with Crippen molar-refractivity contribution >= 4 is 65.2 Å². The highest BCUT2D eigenvalue weighted by molar-refractivity contribution is 9.11. The topological polar surface area (TPSA) is 55.4 Å². The molecule has 2 aromatic carbocycles. The second kappa shape index (κ2) is 8.08. The quantitative estimate of drug-likeness (QED) is 0.569. The van der Waals surface area contributed by atoms with Crippen LogP contribution in [0.1, 0.15) is 17.3 Å². The van der Waals surface area contributed by atoms with Gasteiger partial charge in [-0.2, -0.15) is 0 Å². The zero-order valence-corrected chi connectivity index (χ0v) is 16.8. The number of rotatable bonds is 5. The Morgan fingerprint density at radius 1 is 1.09 bits per heavy atom. The van der Waals surface area contributed by atoms with Gasteiger partial charge in [0.15, 0.2) is 12.4 Å². The molecule has 0 aliphatic heterocycles. The maximum Gasteiger partial charge on any atom is 0.262 e. The van der Waals surface area contributed by atoms with E-state index in [-0.39, 0.29) is 18.3 Å². The monoisotopic (exact) mass is 503 g/mol. The summed E-state index contributed by atoms with van der Waals surface area (Å²) in [6.45, 7) is 1.33. The van der Waals surface area contributed by atoms with E-state index in [4.69, 9.17) is 4.74 Å². The van der Waals surface area contributed by atoms with E-state index >= 15 is 0 Å². The van der Waals surface area contributed by atoms with Crippen molar-refractivity contribution in [3.63, 3.8) is 0 Å². The van der Waals surface area contributed by atoms with Crippen LogP contribution >= 0.6 is 47.8 Å².